The molecule has 0 aliphatic heterocycles. The van der Waals surface area contributed by atoms with Crippen LogP contribution < -0.4 is 5.32 Å². The molecule has 0 saturated heterocycles. The molecule has 0 unspecified atom stereocenters. The van der Waals surface area contributed by atoms with Gasteiger partial charge >= 0.3 is 5.97 Å². The molecule has 0 aliphatic rings. The maximum Gasteiger partial charge on any atom is 0.355 e. The van der Waals surface area contributed by atoms with Gasteiger partial charge in [-0.2, -0.15) is 0 Å². The Morgan fingerprint density at radius 2 is 1.84 bits per heavy atom. The van der Waals surface area contributed by atoms with Gasteiger partial charge in [0.25, 0.3) is 5.91 Å². The number of hydrogen-bond acceptors (Lipinski definition) is 5. The highest BCUT2D eigenvalue weighted by Gasteiger charge is 2.22. The lowest BCUT2D eigenvalue weighted by atomic mass is 10.1. The summed E-state index contributed by atoms with van der Waals surface area (Å²) in [6, 6.07) is 9.69. The number of aromatic amines is 1. The first-order valence-electron chi connectivity index (χ1n) is 9.28. The number of nitrogens with one attached hydrogen (secondary N) is 2. The molecule has 0 atom stereocenters. The van der Waals surface area contributed by atoms with E-state index in [1.165, 1.54) is 32.3 Å². The van der Waals surface area contributed by atoms with Crippen molar-refractivity contribution in [1.29, 1.82) is 0 Å². The van der Waals surface area contributed by atoms with Crippen molar-refractivity contribution >= 4 is 50.1 Å². The molecule has 0 saturated carbocycles. The third-order valence-corrected chi connectivity index (χ3v) is 6.91. The zero-order chi connectivity index (χ0) is 22.9. The molecule has 2 N–H and O–H groups in total. The number of H-pyrrole nitrogens is 1. The number of fused-ring (bicyclic) bond motifs is 1. The van der Waals surface area contributed by atoms with Crippen molar-refractivity contribution < 1.29 is 22.7 Å². The van der Waals surface area contributed by atoms with E-state index in [4.69, 9.17) is 16.3 Å². The topological polar surface area (TPSA) is 109 Å². The lowest BCUT2D eigenvalue weighted by Crippen LogP contribution is -2.23. The minimum atomic E-state index is -3.79. The van der Waals surface area contributed by atoms with Crippen molar-refractivity contribution in [3.63, 3.8) is 0 Å². The van der Waals surface area contributed by atoms with E-state index in [1.807, 2.05) is 26.0 Å². The summed E-state index contributed by atoms with van der Waals surface area (Å²) in [6.45, 7) is 3.37. The molecule has 3 aromatic rings. The second kappa shape index (κ2) is 8.70. The smallest absolute Gasteiger partial charge is 0.355 e. The van der Waals surface area contributed by atoms with E-state index in [9.17, 15) is 18.0 Å². The maximum absolute atomic E-state index is 12.3. The number of anilines is 1. The summed E-state index contributed by atoms with van der Waals surface area (Å²) in [4.78, 5) is 27.4. The van der Waals surface area contributed by atoms with Crippen LogP contribution in [0.5, 0.6) is 0 Å². The minimum Gasteiger partial charge on any atom is -0.451 e. The number of rotatable bonds is 6. The van der Waals surface area contributed by atoms with Gasteiger partial charge in [-0.25, -0.2) is 17.5 Å². The molecule has 164 valence electrons. The van der Waals surface area contributed by atoms with Crippen molar-refractivity contribution in [2.45, 2.75) is 18.7 Å². The fourth-order valence-corrected chi connectivity index (χ4v) is 4.48. The van der Waals surface area contributed by atoms with Crippen LogP contribution in [-0.2, 0) is 19.6 Å². The summed E-state index contributed by atoms with van der Waals surface area (Å²) >= 11 is 5.99. The Labute approximate surface area is 185 Å². The Morgan fingerprint density at radius 3 is 2.52 bits per heavy atom. The zero-order valence-corrected chi connectivity index (χ0v) is 19.0. The standard InChI is InChI=1S/C21H22ClN3O5S/c1-12-7-13(2)15-10-18(24-17(15)8-12)21(27)30-11-20(26)23-14-5-6-16(22)19(9-14)31(28,29)25(3)4/h5-10,24H,11H2,1-4H3,(H,23,26). The number of carbonyl (C=O) groups excluding carboxylic acids is 2. The normalized spacial score (nSPS) is 11.7. The van der Waals surface area contributed by atoms with Gasteiger partial charge in [-0.3, -0.25) is 4.79 Å². The fourth-order valence-electron chi connectivity index (χ4n) is 3.09. The summed E-state index contributed by atoms with van der Waals surface area (Å²) in [5, 5.41) is 3.43. The molecule has 8 nitrogen and oxygen atoms in total. The zero-order valence-electron chi connectivity index (χ0n) is 17.4. The molecular formula is C21H22ClN3O5S. The van der Waals surface area contributed by atoms with Crippen LogP contribution in [0.15, 0.2) is 41.3 Å². The first-order chi connectivity index (χ1) is 14.5. The highest BCUT2D eigenvalue weighted by Crippen LogP contribution is 2.27. The largest absolute Gasteiger partial charge is 0.451 e. The van der Waals surface area contributed by atoms with E-state index < -0.39 is 28.5 Å². The van der Waals surface area contributed by atoms with Gasteiger partial charge in [-0.05, 0) is 55.3 Å². The molecule has 1 heterocycles. The van der Waals surface area contributed by atoms with Gasteiger partial charge in [-0.1, -0.05) is 17.7 Å². The highest BCUT2D eigenvalue weighted by molar-refractivity contribution is 7.89. The number of ether oxygens (including phenoxy) is 1. The number of esters is 1. The highest BCUT2D eigenvalue weighted by atomic mass is 35.5. The average Bonchev–Trinajstić information content (AvgIpc) is 3.12. The molecule has 0 radical (unpaired) electrons. The number of amides is 1. The summed E-state index contributed by atoms with van der Waals surface area (Å²) in [5.41, 5.74) is 3.34. The van der Waals surface area contributed by atoms with E-state index >= 15 is 0 Å². The fraction of sp³-hybridized carbons (Fsp3) is 0.238. The molecule has 0 spiro atoms. The van der Waals surface area contributed by atoms with Crippen LogP contribution in [0.25, 0.3) is 10.9 Å². The van der Waals surface area contributed by atoms with Crippen molar-refractivity contribution in [2.75, 3.05) is 26.0 Å². The van der Waals surface area contributed by atoms with Gasteiger partial charge in [0.1, 0.15) is 10.6 Å². The maximum atomic E-state index is 12.3. The molecule has 3 rings (SSSR count). The molecule has 0 bridgehead atoms. The van der Waals surface area contributed by atoms with Crippen LogP contribution in [0.2, 0.25) is 5.02 Å². The van der Waals surface area contributed by atoms with Gasteiger partial charge in [0.15, 0.2) is 6.61 Å². The quantitative estimate of drug-likeness (QED) is 0.544. The summed E-state index contributed by atoms with van der Waals surface area (Å²) < 4.78 is 30.8. The molecule has 31 heavy (non-hydrogen) atoms. The number of carbonyl (C=O) groups is 2. The summed E-state index contributed by atoms with van der Waals surface area (Å²) in [7, 11) is -1.03. The van der Waals surface area contributed by atoms with Crippen LogP contribution in [-0.4, -0.2) is 50.3 Å². The first kappa shape index (κ1) is 22.8. The number of nitrogens with zero attached hydrogens (tertiary/aromatic N) is 1. The molecule has 2 aromatic carbocycles. The van der Waals surface area contributed by atoms with Crippen molar-refractivity contribution in [2.24, 2.45) is 0 Å². The molecule has 1 amide bonds. The van der Waals surface area contributed by atoms with Gasteiger partial charge in [0, 0.05) is 30.7 Å². The number of benzene rings is 2. The molecule has 0 aliphatic carbocycles. The monoisotopic (exact) mass is 463 g/mol. The van der Waals surface area contributed by atoms with Crippen molar-refractivity contribution in [3.8, 4) is 0 Å². The van der Waals surface area contributed by atoms with E-state index in [2.05, 4.69) is 10.3 Å². The lowest BCUT2D eigenvalue weighted by molar-refractivity contribution is -0.119. The Bertz CT molecular complexity index is 1280. The van der Waals surface area contributed by atoms with Crippen LogP contribution in [0.4, 0.5) is 5.69 Å². The number of halogens is 1. The Hall–Kier alpha value is -2.88. The number of aromatic nitrogens is 1. The van der Waals surface area contributed by atoms with E-state index in [-0.39, 0.29) is 21.3 Å². The minimum absolute atomic E-state index is 0.0301. The third-order valence-electron chi connectivity index (χ3n) is 4.62. The van der Waals surface area contributed by atoms with Gasteiger partial charge < -0.3 is 15.0 Å². The molecular weight excluding hydrogens is 442 g/mol. The number of sulfonamides is 1. The Balaban J connectivity index is 1.68. The predicted octanol–water partition coefficient (Wildman–Crippen LogP) is 3.48. The van der Waals surface area contributed by atoms with Gasteiger partial charge in [0.2, 0.25) is 10.0 Å². The van der Waals surface area contributed by atoms with E-state index in [1.54, 1.807) is 6.07 Å². The first-order valence-corrected chi connectivity index (χ1v) is 11.1. The van der Waals surface area contributed by atoms with Crippen molar-refractivity contribution in [3.05, 3.63) is 58.2 Å². The second-order valence-corrected chi connectivity index (χ2v) is 9.81. The summed E-state index contributed by atoms with van der Waals surface area (Å²) in [5.74, 6) is -1.29. The molecule has 0 fully saturated rings. The van der Waals surface area contributed by atoms with Crippen LogP contribution >= 0.6 is 11.6 Å². The lowest BCUT2D eigenvalue weighted by Gasteiger charge is -2.14. The van der Waals surface area contributed by atoms with Crippen LogP contribution in [0.1, 0.15) is 21.6 Å². The molecule has 1 aromatic heterocycles. The second-order valence-electron chi connectivity index (χ2n) is 7.28. The molecule has 10 heteroatoms. The average molecular weight is 464 g/mol. The number of aryl methyl sites for hydroxylation is 2. The van der Waals surface area contributed by atoms with E-state index in [0.29, 0.717) is 0 Å². The third kappa shape index (κ3) is 4.90. The summed E-state index contributed by atoms with van der Waals surface area (Å²) in [6.07, 6.45) is 0. The van der Waals surface area contributed by atoms with Crippen LogP contribution in [0, 0.1) is 13.8 Å². The van der Waals surface area contributed by atoms with Crippen LogP contribution in [0.3, 0.4) is 0 Å². The van der Waals surface area contributed by atoms with Gasteiger partial charge in [0.05, 0.1) is 5.02 Å². The Morgan fingerprint density at radius 1 is 1.13 bits per heavy atom. The SMILES string of the molecule is Cc1cc(C)c2cc(C(=O)OCC(=O)Nc3ccc(Cl)c(S(=O)(=O)N(C)C)c3)[nH]c2c1. The number of hydrogen-bond donors (Lipinski definition) is 2. The van der Waals surface area contributed by atoms with Crippen molar-refractivity contribution in [1.82, 2.24) is 9.29 Å². The Kier molecular flexibility index (Phi) is 6.40. The van der Waals surface area contributed by atoms with E-state index in [0.717, 1.165) is 26.3 Å². The van der Waals surface area contributed by atoms with Gasteiger partial charge in [-0.15, -0.1) is 0 Å². The predicted molar refractivity (Wildman–Crippen MR) is 119 cm³/mol.